The Hall–Kier alpha value is -2.23. The first kappa shape index (κ1) is 17.1. The van der Waals surface area contributed by atoms with E-state index in [0.29, 0.717) is 4.88 Å². The van der Waals surface area contributed by atoms with Crippen LogP contribution in [-0.4, -0.2) is 21.6 Å². The number of hydrogen-bond acceptors (Lipinski definition) is 6. The molecule has 2 aromatic heterocycles. The lowest BCUT2D eigenvalue weighted by Crippen LogP contribution is -2.24. The molecule has 11 heteroatoms. The van der Waals surface area contributed by atoms with Gasteiger partial charge in [0.15, 0.2) is 0 Å². The second-order valence-electron chi connectivity index (χ2n) is 4.18. The normalized spacial score (nSPS) is 10.9. The molecule has 0 saturated carbocycles. The van der Waals surface area contributed by atoms with Crippen LogP contribution in [0, 0.1) is 10.1 Å². The Morgan fingerprint density at radius 3 is 2.61 bits per heavy atom. The highest BCUT2D eigenvalue weighted by Crippen LogP contribution is 2.22. The Balaban J connectivity index is 1.95. The van der Waals surface area contributed by atoms with E-state index in [1.54, 1.807) is 0 Å². The van der Waals surface area contributed by atoms with Crippen molar-refractivity contribution in [3.63, 3.8) is 0 Å². The van der Waals surface area contributed by atoms with Crippen LogP contribution >= 0.6 is 34.5 Å². The summed E-state index contributed by atoms with van der Waals surface area (Å²) in [4.78, 5) is 33.6. The van der Waals surface area contributed by atoms with E-state index in [0.717, 1.165) is 11.3 Å². The lowest BCUT2D eigenvalue weighted by molar-refractivity contribution is -0.380. The molecule has 0 aliphatic carbocycles. The van der Waals surface area contributed by atoms with E-state index in [1.165, 1.54) is 35.3 Å². The first-order chi connectivity index (χ1) is 10.9. The van der Waals surface area contributed by atoms with Crippen LogP contribution in [0.3, 0.4) is 0 Å². The standard InChI is InChI=1S/C12H8Cl2N4O4S/c13-8-4-17(5-9(14)12(8)20)6-10(19)16-15-3-7-1-2-11(23-7)18(21)22/h1-5H,6H2,(H,16,19). The van der Waals surface area contributed by atoms with Crippen LogP contribution in [0.4, 0.5) is 5.00 Å². The van der Waals surface area contributed by atoms with Crippen molar-refractivity contribution in [3.8, 4) is 0 Å². The highest BCUT2D eigenvalue weighted by molar-refractivity contribution is 7.16. The molecule has 120 valence electrons. The van der Waals surface area contributed by atoms with Crippen molar-refractivity contribution in [2.45, 2.75) is 6.54 Å². The molecule has 8 nitrogen and oxygen atoms in total. The Labute approximate surface area is 143 Å². The Morgan fingerprint density at radius 1 is 1.39 bits per heavy atom. The molecule has 23 heavy (non-hydrogen) atoms. The molecule has 0 bridgehead atoms. The summed E-state index contributed by atoms with van der Waals surface area (Å²) >= 11 is 12.3. The molecule has 2 rings (SSSR count). The fourth-order valence-electron chi connectivity index (χ4n) is 1.53. The molecule has 1 amide bonds. The van der Waals surface area contributed by atoms with Crippen LogP contribution in [0.25, 0.3) is 0 Å². The Kier molecular flexibility index (Phi) is 5.48. The molecule has 0 radical (unpaired) electrons. The highest BCUT2D eigenvalue weighted by atomic mass is 35.5. The first-order valence-corrected chi connectivity index (χ1v) is 7.55. The molecular weight excluding hydrogens is 367 g/mol. The number of rotatable bonds is 5. The number of carbonyl (C=O) groups excluding carboxylic acids is 1. The minimum atomic E-state index is -0.512. The maximum atomic E-state index is 11.7. The lowest BCUT2D eigenvalue weighted by atomic mass is 10.4. The second-order valence-corrected chi connectivity index (χ2v) is 6.09. The minimum Gasteiger partial charge on any atom is -0.342 e. The number of nitro groups is 1. The van der Waals surface area contributed by atoms with E-state index in [2.05, 4.69) is 10.5 Å². The largest absolute Gasteiger partial charge is 0.342 e. The zero-order valence-corrected chi connectivity index (χ0v) is 13.6. The monoisotopic (exact) mass is 374 g/mol. The van der Waals surface area contributed by atoms with Gasteiger partial charge in [-0.2, -0.15) is 5.10 Å². The van der Waals surface area contributed by atoms with Gasteiger partial charge in [-0.15, -0.1) is 0 Å². The molecular formula is C12H8Cl2N4O4S. The van der Waals surface area contributed by atoms with Gasteiger partial charge in [-0.25, -0.2) is 5.43 Å². The van der Waals surface area contributed by atoms with Gasteiger partial charge in [0.1, 0.15) is 16.6 Å². The van der Waals surface area contributed by atoms with Crippen LogP contribution in [-0.2, 0) is 11.3 Å². The summed E-state index contributed by atoms with van der Waals surface area (Å²) in [6.07, 6.45) is 3.85. The Morgan fingerprint density at radius 2 is 2.04 bits per heavy atom. The van der Waals surface area contributed by atoms with Crippen LogP contribution < -0.4 is 10.9 Å². The van der Waals surface area contributed by atoms with Gasteiger partial charge >= 0.3 is 5.00 Å². The predicted molar refractivity (Wildman–Crippen MR) is 87.4 cm³/mol. The molecule has 0 aliphatic heterocycles. The summed E-state index contributed by atoms with van der Waals surface area (Å²) in [6.45, 7) is -0.151. The lowest BCUT2D eigenvalue weighted by Gasteiger charge is -2.06. The van der Waals surface area contributed by atoms with Crippen molar-refractivity contribution in [2.24, 2.45) is 5.10 Å². The zero-order valence-electron chi connectivity index (χ0n) is 11.2. The zero-order chi connectivity index (χ0) is 17.0. The average molecular weight is 375 g/mol. The van der Waals surface area contributed by atoms with E-state index in [1.807, 2.05) is 0 Å². The summed E-state index contributed by atoms with van der Waals surface area (Å²) in [5.74, 6) is -0.483. The molecule has 0 atom stereocenters. The maximum Gasteiger partial charge on any atom is 0.324 e. The number of pyridine rings is 1. The van der Waals surface area contributed by atoms with E-state index in [9.17, 15) is 19.7 Å². The minimum absolute atomic E-state index is 0.0182. The van der Waals surface area contributed by atoms with Crippen molar-refractivity contribution in [1.29, 1.82) is 0 Å². The highest BCUT2D eigenvalue weighted by Gasteiger charge is 2.09. The van der Waals surface area contributed by atoms with Gasteiger partial charge < -0.3 is 4.57 Å². The number of nitrogens with zero attached hydrogens (tertiary/aromatic N) is 3. The predicted octanol–water partition coefficient (Wildman–Crippen LogP) is 2.28. The number of hydrogen-bond donors (Lipinski definition) is 1. The third kappa shape index (κ3) is 4.62. The summed E-state index contributed by atoms with van der Waals surface area (Å²) < 4.78 is 1.34. The van der Waals surface area contributed by atoms with E-state index in [4.69, 9.17) is 23.2 Å². The SMILES string of the molecule is O=C(Cn1cc(Cl)c(=O)c(Cl)c1)NN=Cc1ccc([N+](=O)[O-])s1. The van der Waals surface area contributed by atoms with Crippen molar-refractivity contribution in [1.82, 2.24) is 9.99 Å². The maximum absolute atomic E-state index is 11.7. The summed E-state index contributed by atoms with van der Waals surface area (Å²) in [5.41, 5.74) is 1.74. The van der Waals surface area contributed by atoms with Crippen LogP contribution in [0.2, 0.25) is 10.0 Å². The number of thiophene rings is 1. The van der Waals surface area contributed by atoms with E-state index >= 15 is 0 Å². The number of aromatic nitrogens is 1. The third-order valence-electron chi connectivity index (χ3n) is 2.49. The number of carbonyl (C=O) groups is 1. The topological polar surface area (TPSA) is 107 Å². The quantitative estimate of drug-likeness (QED) is 0.491. The van der Waals surface area contributed by atoms with Gasteiger partial charge in [0, 0.05) is 18.5 Å². The van der Waals surface area contributed by atoms with Crippen molar-refractivity contribution in [2.75, 3.05) is 0 Å². The van der Waals surface area contributed by atoms with Gasteiger partial charge in [0.25, 0.3) is 5.91 Å². The summed E-state index contributed by atoms with van der Waals surface area (Å²) in [7, 11) is 0. The molecule has 0 aromatic carbocycles. The van der Waals surface area contributed by atoms with Crippen molar-refractivity contribution >= 4 is 51.7 Å². The van der Waals surface area contributed by atoms with Gasteiger partial charge in [-0.1, -0.05) is 34.5 Å². The molecule has 0 spiro atoms. The van der Waals surface area contributed by atoms with Crippen LogP contribution in [0.5, 0.6) is 0 Å². The first-order valence-electron chi connectivity index (χ1n) is 5.98. The average Bonchev–Trinajstić information content (AvgIpc) is 2.93. The number of nitrogens with one attached hydrogen (secondary N) is 1. The summed E-state index contributed by atoms with van der Waals surface area (Å²) in [6, 6.07) is 2.86. The van der Waals surface area contributed by atoms with Crippen molar-refractivity contribution in [3.05, 3.63) is 59.8 Å². The van der Waals surface area contributed by atoms with E-state index < -0.39 is 16.3 Å². The van der Waals surface area contributed by atoms with Gasteiger partial charge in [-0.05, 0) is 6.07 Å². The fraction of sp³-hybridized carbons (Fsp3) is 0.0833. The summed E-state index contributed by atoms with van der Waals surface area (Å²) in [5, 5.41) is 14.0. The number of halogens is 2. The van der Waals surface area contributed by atoms with Crippen molar-refractivity contribution < 1.29 is 9.72 Å². The number of amides is 1. The molecule has 0 saturated heterocycles. The third-order valence-corrected chi connectivity index (χ3v) is 4.00. The smallest absolute Gasteiger partial charge is 0.324 e. The fourth-order valence-corrected chi connectivity index (χ4v) is 2.73. The van der Waals surface area contributed by atoms with Gasteiger partial charge in [-0.3, -0.25) is 19.7 Å². The molecule has 1 N–H and O–H groups in total. The second kappa shape index (κ2) is 7.36. The molecule has 2 heterocycles. The molecule has 0 aliphatic rings. The van der Waals surface area contributed by atoms with Gasteiger partial charge in [0.05, 0.1) is 16.0 Å². The molecule has 2 aromatic rings. The molecule has 0 unspecified atom stereocenters. The van der Waals surface area contributed by atoms with Gasteiger partial charge in [0.2, 0.25) is 5.43 Å². The van der Waals surface area contributed by atoms with Crippen LogP contribution in [0.15, 0.2) is 34.4 Å². The Bertz CT molecular complexity index is 820. The van der Waals surface area contributed by atoms with E-state index in [-0.39, 0.29) is 21.6 Å². The molecule has 0 fully saturated rings. The van der Waals surface area contributed by atoms with Crippen LogP contribution in [0.1, 0.15) is 4.88 Å². The number of hydrazone groups is 1.